The van der Waals surface area contributed by atoms with Crippen LogP contribution in [0.15, 0.2) is 53.7 Å². The summed E-state index contributed by atoms with van der Waals surface area (Å²) in [6, 6.07) is 13.1. The first-order chi connectivity index (χ1) is 16.1. The summed E-state index contributed by atoms with van der Waals surface area (Å²) in [6.07, 6.45) is 0.892. The number of hydrogen-bond acceptors (Lipinski definition) is 7. The van der Waals surface area contributed by atoms with Crippen LogP contribution in [0.2, 0.25) is 0 Å². The van der Waals surface area contributed by atoms with Gasteiger partial charge in [-0.1, -0.05) is 25.1 Å². The van der Waals surface area contributed by atoms with Crippen molar-refractivity contribution in [2.45, 2.75) is 26.3 Å². The third-order valence-electron chi connectivity index (χ3n) is 5.54. The van der Waals surface area contributed by atoms with E-state index in [4.69, 9.17) is 23.9 Å². The van der Waals surface area contributed by atoms with Crippen LogP contribution >= 0.6 is 0 Å². The molecule has 0 aliphatic carbocycles. The summed E-state index contributed by atoms with van der Waals surface area (Å²) in [5, 5.41) is 3.28. The van der Waals surface area contributed by atoms with Gasteiger partial charge < -0.3 is 24.3 Å². The number of rotatable bonds is 9. The zero-order chi connectivity index (χ0) is 23.4. The Morgan fingerprint density at radius 1 is 1.09 bits per heavy atom. The molecule has 3 aromatic rings. The molecule has 33 heavy (non-hydrogen) atoms. The van der Waals surface area contributed by atoms with Gasteiger partial charge in [0.25, 0.3) is 0 Å². The van der Waals surface area contributed by atoms with E-state index < -0.39 is 12.0 Å². The topological polar surface area (TPSA) is 83.8 Å². The van der Waals surface area contributed by atoms with Crippen molar-refractivity contribution in [2.75, 3.05) is 39.4 Å². The number of carbonyl (C=O) groups excluding carboxylic acids is 1. The molecule has 1 aliphatic rings. The van der Waals surface area contributed by atoms with Gasteiger partial charge >= 0.3 is 5.97 Å². The first-order valence-electron chi connectivity index (χ1n) is 11.0. The third-order valence-corrected chi connectivity index (χ3v) is 5.54. The molecule has 1 aliphatic heterocycles. The monoisotopic (exact) mass is 451 g/mol. The van der Waals surface area contributed by atoms with Crippen LogP contribution in [0.1, 0.15) is 31.9 Å². The lowest BCUT2D eigenvalue weighted by Crippen LogP contribution is -2.29. The lowest BCUT2D eigenvalue weighted by atomic mass is 9.94. The van der Waals surface area contributed by atoms with Gasteiger partial charge in [-0.3, -0.25) is 4.57 Å². The van der Waals surface area contributed by atoms with Crippen LogP contribution in [0.4, 0.5) is 5.95 Å². The van der Waals surface area contributed by atoms with E-state index in [0.717, 1.165) is 23.0 Å². The van der Waals surface area contributed by atoms with Crippen LogP contribution in [0.5, 0.6) is 11.5 Å². The lowest BCUT2D eigenvalue weighted by molar-refractivity contribution is -0.140. The van der Waals surface area contributed by atoms with Crippen LogP contribution in [-0.2, 0) is 14.3 Å². The minimum absolute atomic E-state index is 0.170. The Balaban J connectivity index is 1.85. The molecular formula is C25H29N3O5. The van der Waals surface area contributed by atoms with Crippen molar-refractivity contribution in [3.63, 3.8) is 0 Å². The summed E-state index contributed by atoms with van der Waals surface area (Å²) in [5.74, 6) is 1.53. The number of hydrogen-bond donors (Lipinski definition) is 1. The molecule has 8 heteroatoms. The van der Waals surface area contributed by atoms with E-state index in [1.54, 1.807) is 14.2 Å². The molecule has 1 N–H and O–H groups in total. The second-order valence-corrected chi connectivity index (χ2v) is 7.75. The van der Waals surface area contributed by atoms with Gasteiger partial charge in [-0.05, 0) is 43.2 Å². The van der Waals surface area contributed by atoms with E-state index in [1.165, 1.54) is 0 Å². The van der Waals surface area contributed by atoms with Crippen molar-refractivity contribution >= 4 is 23.0 Å². The number of esters is 1. The molecule has 2 heterocycles. The van der Waals surface area contributed by atoms with Crippen LogP contribution in [0.3, 0.4) is 0 Å². The average molecular weight is 452 g/mol. The van der Waals surface area contributed by atoms with Crippen molar-refractivity contribution in [3.8, 4) is 11.5 Å². The van der Waals surface area contributed by atoms with E-state index in [2.05, 4.69) is 12.2 Å². The molecule has 0 amide bonds. The molecule has 0 spiro atoms. The second-order valence-electron chi connectivity index (χ2n) is 7.75. The minimum atomic E-state index is -0.460. The van der Waals surface area contributed by atoms with Crippen LogP contribution < -0.4 is 14.8 Å². The van der Waals surface area contributed by atoms with Crippen molar-refractivity contribution in [1.82, 2.24) is 9.55 Å². The molecule has 8 nitrogen and oxygen atoms in total. The number of allylic oxidation sites excluding steroid dienone is 1. The van der Waals surface area contributed by atoms with Gasteiger partial charge in [-0.2, -0.15) is 0 Å². The van der Waals surface area contributed by atoms with Gasteiger partial charge in [-0.15, -0.1) is 0 Å². The Kier molecular flexibility index (Phi) is 6.84. The number of fused-ring (bicyclic) bond motifs is 3. The number of carbonyl (C=O) groups is 1. The van der Waals surface area contributed by atoms with E-state index in [0.29, 0.717) is 41.9 Å². The predicted octanol–water partition coefficient (Wildman–Crippen LogP) is 4.31. The molecular weight excluding hydrogens is 422 g/mol. The Bertz CT molecular complexity index is 1180. The number of methoxy groups -OCH3 is 2. The van der Waals surface area contributed by atoms with Gasteiger partial charge in [0.05, 0.1) is 43.0 Å². The highest BCUT2D eigenvalue weighted by atomic mass is 16.6. The SMILES string of the molecule is CCCOc1ccc([C@H]2C(C(=O)OCCOC)=C(C)Nc3nc4ccccc4n32)cc1OC. The van der Waals surface area contributed by atoms with Crippen LogP contribution in [0.25, 0.3) is 11.0 Å². The highest BCUT2D eigenvalue weighted by Gasteiger charge is 2.35. The van der Waals surface area contributed by atoms with Crippen molar-refractivity contribution in [3.05, 3.63) is 59.3 Å². The fourth-order valence-electron chi connectivity index (χ4n) is 4.02. The van der Waals surface area contributed by atoms with Gasteiger partial charge in [0, 0.05) is 12.8 Å². The largest absolute Gasteiger partial charge is 0.493 e. The van der Waals surface area contributed by atoms with Gasteiger partial charge in [0.15, 0.2) is 11.5 Å². The fraction of sp³-hybridized carbons (Fsp3) is 0.360. The zero-order valence-corrected chi connectivity index (χ0v) is 19.4. The highest BCUT2D eigenvalue weighted by Crippen LogP contribution is 2.41. The van der Waals surface area contributed by atoms with E-state index in [1.807, 2.05) is 54.0 Å². The molecule has 0 saturated heterocycles. The summed E-state index contributed by atoms with van der Waals surface area (Å²) in [4.78, 5) is 18.0. The molecule has 0 fully saturated rings. The Morgan fingerprint density at radius 3 is 2.67 bits per heavy atom. The number of anilines is 1. The smallest absolute Gasteiger partial charge is 0.338 e. The minimum Gasteiger partial charge on any atom is -0.493 e. The number of nitrogens with zero attached hydrogens (tertiary/aromatic N) is 2. The lowest BCUT2D eigenvalue weighted by Gasteiger charge is -2.30. The molecule has 174 valence electrons. The summed E-state index contributed by atoms with van der Waals surface area (Å²) in [7, 11) is 3.18. The first kappa shape index (κ1) is 22.7. The standard InChI is InChI=1S/C25H29N3O5/c1-5-12-32-20-11-10-17(15-21(20)31-4)23-22(24(29)33-14-13-30-3)16(2)26-25-27-18-8-6-7-9-19(18)28(23)25/h6-11,15,23H,5,12-14H2,1-4H3,(H,26,27)/t23-/m0/s1. The number of ether oxygens (including phenoxy) is 4. The molecule has 0 saturated carbocycles. The second kappa shape index (κ2) is 9.95. The zero-order valence-electron chi connectivity index (χ0n) is 19.4. The molecule has 2 aromatic carbocycles. The highest BCUT2D eigenvalue weighted by molar-refractivity contribution is 5.94. The number of aromatic nitrogens is 2. The molecule has 0 radical (unpaired) electrons. The number of benzene rings is 2. The van der Waals surface area contributed by atoms with Gasteiger partial charge in [0.1, 0.15) is 6.61 Å². The van der Waals surface area contributed by atoms with Gasteiger partial charge in [-0.25, -0.2) is 9.78 Å². The van der Waals surface area contributed by atoms with Crippen LogP contribution in [0, 0.1) is 0 Å². The maximum Gasteiger partial charge on any atom is 0.338 e. The summed E-state index contributed by atoms with van der Waals surface area (Å²) >= 11 is 0. The summed E-state index contributed by atoms with van der Waals surface area (Å²) in [5.41, 5.74) is 3.80. The molecule has 0 unspecified atom stereocenters. The van der Waals surface area contributed by atoms with Gasteiger partial charge in [0.2, 0.25) is 5.95 Å². The van der Waals surface area contributed by atoms with E-state index >= 15 is 0 Å². The molecule has 0 bridgehead atoms. The Labute approximate surface area is 193 Å². The first-order valence-corrected chi connectivity index (χ1v) is 11.0. The Morgan fingerprint density at radius 2 is 1.91 bits per heavy atom. The Hall–Kier alpha value is -3.52. The summed E-state index contributed by atoms with van der Waals surface area (Å²) < 4.78 is 24.0. The van der Waals surface area contributed by atoms with Crippen molar-refractivity contribution < 1.29 is 23.7 Å². The van der Waals surface area contributed by atoms with Crippen molar-refractivity contribution in [1.29, 1.82) is 0 Å². The van der Waals surface area contributed by atoms with Crippen LogP contribution in [-0.4, -0.2) is 49.6 Å². The van der Waals surface area contributed by atoms with E-state index in [-0.39, 0.29) is 6.61 Å². The van der Waals surface area contributed by atoms with E-state index in [9.17, 15) is 4.79 Å². The quantitative estimate of drug-likeness (QED) is 0.383. The predicted molar refractivity (Wildman–Crippen MR) is 126 cm³/mol. The number of imidazole rings is 1. The maximum atomic E-state index is 13.2. The number of para-hydroxylation sites is 2. The average Bonchev–Trinajstić information content (AvgIpc) is 3.19. The fourth-order valence-corrected chi connectivity index (χ4v) is 4.02. The molecule has 4 rings (SSSR count). The van der Waals surface area contributed by atoms with Crippen molar-refractivity contribution in [2.24, 2.45) is 0 Å². The maximum absolute atomic E-state index is 13.2. The third kappa shape index (κ3) is 4.39. The summed E-state index contributed by atoms with van der Waals surface area (Å²) in [6.45, 7) is 5.00. The number of nitrogens with one attached hydrogen (secondary N) is 1. The molecule has 1 atom stereocenters. The normalized spacial score (nSPS) is 15.2. The molecule has 1 aromatic heterocycles.